The van der Waals surface area contributed by atoms with Gasteiger partial charge in [-0.2, -0.15) is 5.10 Å². The Morgan fingerprint density at radius 1 is 1.41 bits per heavy atom. The highest BCUT2D eigenvalue weighted by atomic mass is 16.6. The van der Waals surface area contributed by atoms with E-state index in [0.717, 1.165) is 10.9 Å². The van der Waals surface area contributed by atoms with Gasteiger partial charge in [-0.1, -0.05) is 6.07 Å². The number of aryl methyl sites for hydroxylation is 2. The van der Waals surface area contributed by atoms with Crippen LogP contribution in [0.4, 0.5) is 11.4 Å². The second-order valence-corrected chi connectivity index (χ2v) is 4.57. The maximum Gasteiger partial charge on any atom is 0.339 e. The Labute approximate surface area is 124 Å². The summed E-state index contributed by atoms with van der Waals surface area (Å²) >= 11 is 0. The van der Waals surface area contributed by atoms with Crippen LogP contribution in [0.25, 0.3) is 0 Å². The second-order valence-electron chi connectivity index (χ2n) is 4.57. The monoisotopic (exact) mass is 304 g/mol. The van der Waals surface area contributed by atoms with Gasteiger partial charge in [-0.05, 0) is 18.6 Å². The molecule has 22 heavy (non-hydrogen) atoms. The first-order valence-electron chi connectivity index (χ1n) is 6.13. The highest BCUT2D eigenvalue weighted by Gasteiger charge is 2.24. The van der Waals surface area contributed by atoms with Gasteiger partial charge in [-0.15, -0.1) is 0 Å². The Morgan fingerprint density at radius 3 is 2.68 bits per heavy atom. The van der Waals surface area contributed by atoms with Crippen LogP contribution in [0.3, 0.4) is 0 Å². The number of nitrogens with one attached hydrogen (secondary N) is 1. The average Bonchev–Trinajstić information content (AvgIpc) is 2.82. The maximum atomic E-state index is 12.2. The molecule has 0 fully saturated rings. The highest BCUT2D eigenvalue weighted by molar-refractivity contribution is 6.10. The molecule has 1 amide bonds. The zero-order valence-electron chi connectivity index (χ0n) is 11.7. The number of hydrogen-bond acceptors (Lipinski definition) is 5. The fraction of sp³-hybridized carbons (Fsp3) is 0.154. The number of carboxylic acids is 1. The quantitative estimate of drug-likeness (QED) is 0.652. The van der Waals surface area contributed by atoms with Crippen LogP contribution in [0.5, 0.6) is 0 Å². The van der Waals surface area contributed by atoms with Gasteiger partial charge < -0.3 is 10.4 Å². The van der Waals surface area contributed by atoms with Gasteiger partial charge in [0.2, 0.25) is 0 Å². The van der Waals surface area contributed by atoms with Crippen molar-refractivity contribution >= 4 is 23.3 Å². The number of hydrogen-bond donors (Lipinski definition) is 2. The van der Waals surface area contributed by atoms with Crippen LogP contribution >= 0.6 is 0 Å². The molecule has 0 radical (unpaired) electrons. The number of carboxylic acid groups (broad SMARTS) is 1. The average molecular weight is 304 g/mol. The molecular weight excluding hydrogens is 292 g/mol. The lowest BCUT2D eigenvalue weighted by molar-refractivity contribution is -0.384. The van der Waals surface area contributed by atoms with Crippen LogP contribution in [-0.4, -0.2) is 31.7 Å². The van der Waals surface area contributed by atoms with Crippen molar-refractivity contribution < 1.29 is 19.6 Å². The van der Waals surface area contributed by atoms with Crippen LogP contribution in [0, 0.1) is 17.0 Å². The zero-order chi connectivity index (χ0) is 16.4. The molecule has 0 spiro atoms. The minimum atomic E-state index is -1.31. The van der Waals surface area contributed by atoms with Crippen molar-refractivity contribution in [1.29, 1.82) is 0 Å². The number of nitrogens with zero attached hydrogens (tertiary/aromatic N) is 3. The molecule has 0 saturated carbocycles. The van der Waals surface area contributed by atoms with Gasteiger partial charge in [0.15, 0.2) is 0 Å². The molecule has 1 aromatic carbocycles. The summed E-state index contributed by atoms with van der Waals surface area (Å²) in [5.74, 6) is -2.10. The molecule has 2 aromatic rings. The van der Waals surface area contributed by atoms with Gasteiger partial charge in [-0.3, -0.25) is 19.6 Å². The molecule has 0 unspecified atom stereocenters. The molecule has 9 heteroatoms. The number of aromatic nitrogens is 2. The minimum Gasteiger partial charge on any atom is -0.478 e. The van der Waals surface area contributed by atoms with E-state index in [1.54, 1.807) is 13.0 Å². The molecule has 0 atom stereocenters. The van der Waals surface area contributed by atoms with E-state index in [2.05, 4.69) is 10.4 Å². The molecule has 114 valence electrons. The SMILES string of the molecule is Cc1ccc(NC(=O)c2c(C(=O)O)cnn2C)c([N+](=O)[O-])c1. The maximum absolute atomic E-state index is 12.2. The molecule has 0 saturated heterocycles. The number of rotatable bonds is 4. The summed E-state index contributed by atoms with van der Waals surface area (Å²) in [6.45, 7) is 1.68. The molecule has 9 nitrogen and oxygen atoms in total. The third kappa shape index (κ3) is 2.77. The number of benzene rings is 1. The summed E-state index contributed by atoms with van der Waals surface area (Å²) in [4.78, 5) is 33.7. The van der Waals surface area contributed by atoms with Crippen molar-refractivity contribution in [1.82, 2.24) is 9.78 Å². The summed E-state index contributed by atoms with van der Waals surface area (Å²) in [5.41, 5.74) is -0.0980. The first-order valence-corrected chi connectivity index (χ1v) is 6.13. The molecule has 1 heterocycles. The molecule has 2 N–H and O–H groups in total. The lowest BCUT2D eigenvalue weighted by atomic mass is 10.2. The van der Waals surface area contributed by atoms with Crippen molar-refractivity contribution in [3.63, 3.8) is 0 Å². The summed E-state index contributed by atoms with van der Waals surface area (Å²) in [6.07, 6.45) is 1.04. The third-order valence-electron chi connectivity index (χ3n) is 2.98. The molecule has 0 aliphatic rings. The van der Waals surface area contributed by atoms with Crippen LogP contribution in [-0.2, 0) is 7.05 Å². The Balaban J connectivity index is 2.40. The number of carbonyl (C=O) groups excluding carboxylic acids is 1. The molecule has 1 aromatic heterocycles. The smallest absolute Gasteiger partial charge is 0.339 e. The van der Waals surface area contributed by atoms with Crippen molar-refractivity contribution in [2.45, 2.75) is 6.92 Å². The van der Waals surface area contributed by atoms with Crippen molar-refractivity contribution in [3.8, 4) is 0 Å². The summed E-state index contributed by atoms with van der Waals surface area (Å²) < 4.78 is 1.10. The van der Waals surface area contributed by atoms with Crippen LogP contribution < -0.4 is 5.32 Å². The molecular formula is C13H12N4O5. The number of carbonyl (C=O) groups is 2. The Morgan fingerprint density at radius 2 is 2.09 bits per heavy atom. The first-order chi connectivity index (χ1) is 10.3. The first kappa shape index (κ1) is 15.2. The van der Waals surface area contributed by atoms with Crippen LogP contribution in [0.15, 0.2) is 24.4 Å². The zero-order valence-corrected chi connectivity index (χ0v) is 11.7. The van der Waals surface area contributed by atoms with Gasteiger partial charge >= 0.3 is 5.97 Å². The Kier molecular flexibility index (Phi) is 3.89. The predicted octanol–water partition coefficient (Wildman–Crippen LogP) is 1.59. The Bertz CT molecular complexity index is 781. The van der Waals surface area contributed by atoms with E-state index in [1.165, 1.54) is 19.2 Å². The van der Waals surface area contributed by atoms with E-state index in [4.69, 9.17) is 5.11 Å². The molecule has 2 rings (SSSR count). The van der Waals surface area contributed by atoms with Gasteiger partial charge in [0.05, 0.1) is 11.1 Å². The number of amides is 1. The van der Waals surface area contributed by atoms with Crippen molar-refractivity contribution in [3.05, 3.63) is 51.3 Å². The number of nitro benzene ring substituents is 1. The van der Waals surface area contributed by atoms with E-state index >= 15 is 0 Å². The molecule has 0 aliphatic heterocycles. The van der Waals surface area contributed by atoms with E-state index in [0.29, 0.717) is 5.56 Å². The standard InChI is InChI=1S/C13H12N4O5/c1-7-3-4-9(10(5-7)17(21)22)15-12(18)11-8(13(19)20)6-14-16(11)2/h3-6H,1-2H3,(H,15,18)(H,19,20). The van der Waals surface area contributed by atoms with E-state index in [9.17, 15) is 19.7 Å². The van der Waals surface area contributed by atoms with Gasteiger partial charge in [0.1, 0.15) is 16.9 Å². The van der Waals surface area contributed by atoms with E-state index in [1.807, 2.05) is 0 Å². The normalized spacial score (nSPS) is 10.3. The largest absolute Gasteiger partial charge is 0.478 e. The molecule has 0 bridgehead atoms. The summed E-state index contributed by atoms with van der Waals surface area (Å²) in [6, 6.07) is 4.31. The Hall–Kier alpha value is -3.23. The predicted molar refractivity (Wildman–Crippen MR) is 76.0 cm³/mol. The van der Waals surface area contributed by atoms with E-state index < -0.39 is 16.8 Å². The second kappa shape index (κ2) is 5.64. The highest BCUT2D eigenvalue weighted by Crippen LogP contribution is 2.26. The van der Waals surface area contributed by atoms with Crippen LogP contribution in [0.1, 0.15) is 26.4 Å². The summed E-state index contributed by atoms with van der Waals surface area (Å²) in [5, 5.41) is 26.1. The number of aromatic carboxylic acids is 1. The number of anilines is 1. The third-order valence-corrected chi connectivity index (χ3v) is 2.98. The fourth-order valence-electron chi connectivity index (χ4n) is 1.94. The van der Waals surface area contributed by atoms with Gasteiger partial charge in [0.25, 0.3) is 11.6 Å². The number of nitro groups is 1. The van der Waals surface area contributed by atoms with Gasteiger partial charge in [-0.25, -0.2) is 4.79 Å². The fourth-order valence-corrected chi connectivity index (χ4v) is 1.94. The molecule has 0 aliphatic carbocycles. The van der Waals surface area contributed by atoms with Gasteiger partial charge in [0, 0.05) is 13.1 Å². The van der Waals surface area contributed by atoms with Crippen LogP contribution in [0.2, 0.25) is 0 Å². The minimum absolute atomic E-state index is 0.0156. The topological polar surface area (TPSA) is 127 Å². The summed E-state index contributed by atoms with van der Waals surface area (Å²) in [7, 11) is 1.41. The van der Waals surface area contributed by atoms with Crippen molar-refractivity contribution in [2.75, 3.05) is 5.32 Å². The lowest BCUT2D eigenvalue weighted by Crippen LogP contribution is -2.20. The van der Waals surface area contributed by atoms with E-state index in [-0.39, 0.29) is 22.6 Å². The lowest BCUT2D eigenvalue weighted by Gasteiger charge is -2.07. The van der Waals surface area contributed by atoms with Crippen molar-refractivity contribution in [2.24, 2.45) is 7.05 Å².